The molecule has 3 nitrogen and oxygen atoms in total. The number of nitrogens with two attached hydrogens (primary N) is 1. The van der Waals surface area contributed by atoms with E-state index in [1.165, 1.54) is 10.8 Å². The average Bonchev–Trinajstić information content (AvgIpc) is 2.65. The first-order valence-electron chi connectivity index (χ1n) is 4.19. The van der Waals surface area contributed by atoms with Crippen LogP contribution in [0.2, 0.25) is 0 Å². The van der Waals surface area contributed by atoms with Gasteiger partial charge in [-0.25, -0.2) is 0 Å². The molecule has 0 atom stereocenters. The zero-order valence-corrected chi connectivity index (χ0v) is 6.96. The number of anilines is 1. The van der Waals surface area contributed by atoms with Gasteiger partial charge in [-0.2, -0.15) is 0 Å². The van der Waals surface area contributed by atoms with Gasteiger partial charge in [-0.3, -0.25) is 0 Å². The Kier molecular flexibility index (Phi) is 1.05. The lowest BCUT2D eigenvalue weighted by atomic mass is 10.2. The van der Waals surface area contributed by atoms with Crippen LogP contribution in [0.15, 0.2) is 30.5 Å². The summed E-state index contributed by atoms with van der Waals surface area (Å²) in [4.78, 5) is 6.27. The van der Waals surface area contributed by atoms with Gasteiger partial charge >= 0.3 is 0 Å². The number of nitrogen functional groups attached to an aromatic ring is 1. The van der Waals surface area contributed by atoms with Crippen molar-refractivity contribution in [2.24, 2.45) is 0 Å². The molecule has 4 N–H and O–H groups in total. The molecule has 0 fully saturated rings. The summed E-state index contributed by atoms with van der Waals surface area (Å²) < 4.78 is 0. The molecule has 13 heavy (non-hydrogen) atoms. The van der Waals surface area contributed by atoms with Crippen LogP contribution >= 0.6 is 0 Å². The fourth-order valence-corrected chi connectivity index (χ4v) is 1.77. The van der Waals surface area contributed by atoms with Gasteiger partial charge in [0.25, 0.3) is 0 Å². The van der Waals surface area contributed by atoms with Crippen molar-refractivity contribution in [3.05, 3.63) is 30.5 Å². The van der Waals surface area contributed by atoms with Crippen molar-refractivity contribution in [3.63, 3.8) is 0 Å². The largest absolute Gasteiger partial charge is 0.385 e. The Balaban J connectivity index is 2.64. The Labute approximate surface area is 74.6 Å². The first-order valence-corrected chi connectivity index (χ1v) is 4.19. The predicted molar refractivity (Wildman–Crippen MR) is 54.6 cm³/mol. The summed E-state index contributed by atoms with van der Waals surface area (Å²) in [5.41, 5.74) is 7.92. The van der Waals surface area contributed by atoms with E-state index >= 15 is 0 Å². The van der Waals surface area contributed by atoms with Crippen molar-refractivity contribution in [2.75, 3.05) is 5.73 Å². The van der Waals surface area contributed by atoms with E-state index in [0.717, 1.165) is 11.0 Å². The molecule has 3 rings (SSSR count). The minimum Gasteiger partial charge on any atom is -0.385 e. The van der Waals surface area contributed by atoms with E-state index in [2.05, 4.69) is 16.0 Å². The van der Waals surface area contributed by atoms with Crippen LogP contribution < -0.4 is 5.73 Å². The van der Waals surface area contributed by atoms with E-state index in [0.29, 0.717) is 5.82 Å². The number of aromatic amines is 2. The Bertz CT molecular complexity index is 574. The Morgan fingerprint density at radius 3 is 2.77 bits per heavy atom. The molecular weight excluding hydrogens is 162 g/mol. The maximum Gasteiger partial charge on any atom is 0.101 e. The highest BCUT2D eigenvalue weighted by atomic mass is 14.8. The van der Waals surface area contributed by atoms with Crippen LogP contribution in [0, 0.1) is 0 Å². The molecule has 64 valence electrons. The number of nitrogens with one attached hydrogen (secondary N) is 2. The van der Waals surface area contributed by atoms with Crippen molar-refractivity contribution >= 4 is 27.6 Å². The average molecular weight is 171 g/mol. The van der Waals surface area contributed by atoms with Crippen LogP contribution in [0.1, 0.15) is 0 Å². The fourth-order valence-electron chi connectivity index (χ4n) is 1.77. The molecule has 0 bridgehead atoms. The lowest BCUT2D eigenvalue weighted by Gasteiger charge is -1.91. The fraction of sp³-hybridized carbons (Fsp3) is 0. The normalized spacial score (nSPS) is 11.4. The number of H-pyrrole nitrogens is 2. The lowest BCUT2D eigenvalue weighted by Crippen LogP contribution is -1.80. The highest BCUT2D eigenvalue weighted by Gasteiger charge is 2.02. The summed E-state index contributed by atoms with van der Waals surface area (Å²) in [6.45, 7) is 0. The zero-order chi connectivity index (χ0) is 8.84. The van der Waals surface area contributed by atoms with Gasteiger partial charge in [-0.15, -0.1) is 0 Å². The van der Waals surface area contributed by atoms with E-state index in [1.807, 2.05) is 24.4 Å². The summed E-state index contributed by atoms with van der Waals surface area (Å²) >= 11 is 0. The monoisotopic (exact) mass is 171 g/mol. The van der Waals surface area contributed by atoms with Gasteiger partial charge in [0.2, 0.25) is 0 Å². The Morgan fingerprint density at radius 1 is 1.00 bits per heavy atom. The van der Waals surface area contributed by atoms with E-state index in [9.17, 15) is 0 Å². The van der Waals surface area contributed by atoms with Crippen molar-refractivity contribution in [3.8, 4) is 0 Å². The van der Waals surface area contributed by atoms with Gasteiger partial charge in [0.15, 0.2) is 0 Å². The number of hydrogen-bond donors (Lipinski definition) is 3. The number of benzene rings is 1. The van der Waals surface area contributed by atoms with E-state index < -0.39 is 0 Å². The molecule has 0 aliphatic heterocycles. The standard InChI is InChI=1S/C10H9N3/c11-10-5-7-6-3-4-12-8(6)1-2-9(7)13-10/h1-5,12-13H,11H2. The van der Waals surface area contributed by atoms with Crippen molar-refractivity contribution < 1.29 is 0 Å². The molecule has 1 aromatic carbocycles. The molecule has 0 saturated carbocycles. The molecule has 0 radical (unpaired) electrons. The number of hydrogen-bond acceptors (Lipinski definition) is 1. The second-order valence-electron chi connectivity index (χ2n) is 3.19. The van der Waals surface area contributed by atoms with Gasteiger partial charge in [-0.05, 0) is 24.3 Å². The molecule has 0 aliphatic carbocycles. The van der Waals surface area contributed by atoms with Crippen LogP contribution in [0.4, 0.5) is 5.82 Å². The molecule has 3 heteroatoms. The predicted octanol–water partition coefficient (Wildman–Crippen LogP) is 2.23. The highest BCUT2D eigenvalue weighted by molar-refractivity contribution is 6.06. The maximum atomic E-state index is 5.68. The van der Waals surface area contributed by atoms with Gasteiger partial charge in [0.05, 0.1) is 0 Å². The lowest BCUT2D eigenvalue weighted by molar-refractivity contribution is 1.46. The van der Waals surface area contributed by atoms with Gasteiger partial charge in [0.1, 0.15) is 5.82 Å². The molecule has 0 spiro atoms. The van der Waals surface area contributed by atoms with E-state index in [1.54, 1.807) is 0 Å². The first-order chi connectivity index (χ1) is 6.34. The SMILES string of the molecule is Nc1cc2c(ccc3[nH]ccc32)[nH]1. The molecular formula is C10H9N3. The van der Waals surface area contributed by atoms with Crippen molar-refractivity contribution in [1.29, 1.82) is 0 Å². The summed E-state index contributed by atoms with van der Waals surface area (Å²) in [5, 5.41) is 2.39. The molecule has 0 aliphatic rings. The van der Waals surface area contributed by atoms with Crippen molar-refractivity contribution in [2.45, 2.75) is 0 Å². The number of rotatable bonds is 0. The van der Waals surface area contributed by atoms with Crippen LogP contribution in [-0.2, 0) is 0 Å². The molecule has 2 aromatic heterocycles. The van der Waals surface area contributed by atoms with Crippen LogP contribution in [-0.4, -0.2) is 9.97 Å². The minimum absolute atomic E-state index is 0.712. The van der Waals surface area contributed by atoms with Crippen molar-refractivity contribution in [1.82, 2.24) is 9.97 Å². The van der Waals surface area contributed by atoms with Crippen LogP contribution in [0.3, 0.4) is 0 Å². The third kappa shape index (κ3) is 0.783. The molecule has 0 amide bonds. The third-order valence-electron chi connectivity index (χ3n) is 2.35. The molecule has 0 saturated heterocycles. The third-order valence-corrected chi connectivity index (χ3v) is 2.35. The topological polar surface area (TPSA) is 57.6 Å². The van der Waals surface area contributed by atoms with Crippen LogP contribution in [0.5, 0.6) is 0 Å². The Morgan fingerprint density at radius 2 is 1.85 bits per heavy atom. The van der Waals surface area contributed by atoms with E-state index in [4.69, 9.17) is 5.73 Å². The second-order valence-corrected chi connectivity index (χ2v) is 3.19. The molecule has 2 heterocycles. The number of aromatic nitrogens is 2. The zero-order valence-electron chi connectivity index (χ0n) is 6.96. The molecule has 0 unspecified atom stereocenters. The van der Waals surface area contributed by atoms with Gasteiger partial charge in [0, 0.05) is 28.0 Å². The second kappa shape index (κ2) is 2.07. The summed E-state index contributed by atoms with van der Waals surface area (Å²) in [7, 11) is 0. The van der Waals surface area contributed by atoms with Gasteiger partial charge < -0.3 is 15.7 Å². The highest BCUT2D eigenvalue weighted by Crippen LogP contribution is 2.25. The smallest absolute Gasteiger partial charge is 0.101 e. The number of fused-ring (bicyclic) bond motifs is 3. The quantitative estimate of drug-likeness (QED) is 0.477. The van der Waals surface area contributed by atoms with Crippen LogP contribution in [0.25, 0.3) is 21.8 Å². The van der Waals surface area contributed by atoms with Gasteiger partial charge in [-0.1, -0.05) is 0 Å². The summed E-state index contributed by atoms with van der Waals surface area (Å²) in [6, 6.07) is 8.11. The minimum atomic E-state index is 0.712. The molecule has 3 aromatic rings. The summed E-state index contributed by atoms with van der Waals surface area (Å²) in [5.74, 6) is 0.712. The van der Waals surface area contributed by atoms with E-state index in [-0.39, 0.29) is 0 Å². The summed E-state index contributed by atoms with van der Waals surface area (Å²) in [6.07, 6.45) is 1.94. The maximum absolute atomic E-state index is 5.68. The first kappa shape index (κ1) is 6.60. The Hall–Kier alpha value is -1.90.